The maximum absolute atomic E-state index is 13.7. The SMILES string of the molecule is O=S(=O)(c1cccs1)N1CC[NH+](Cc2ccccc2F)CC1. The molecule has 1 aromatic heterocycles. The molecule has 0 atom stereocenters. The molecule has 1 aliphatic rings. The van der Waals surface area contributed by atoms with Crippen LogP contribution in [0.25, 0.3) is 0 Å². The second-order valence-corrected chi connectivity index (χ2v) is 8.47. The van der Waals surface area contributed by atoms with E-state index in [0.29, 0.717) is 42.5 Å². The maximum atomic E-state index is 13.7. The number of nitrogens with one attached hydrogen (secondary N) is 1. The predicted molar refractivity (Wildman–Crippen MR) is 83.9 cm³/mol. The average Bonchev–Trinajstić information content (AvgIpc) is 3.05. The predicted octanol–water partition coefficient (Wildman–Crippen LogP) is 0.977. The summed E-state index contributed by atoms with van der Waals surface area (Å²) < 4.78 is 40.5. The summed E-state index contributed by atoms with van der Waals surface area (Å²) in [5.74, 6) is -0.191. The van der Waals surface area contributed by atoms with Crippen LogP contribution in [0.5, 0.6) is 0 Å². The zero-order valence-corrected chi connectivity index (χ0v) is 13.7. The van der Waals surface area contributed by atoms with Crippen LogP contribution in [0.4, 0.5) is 4.39 Å². The van der Waals surface area contributed by atoms with Crippen molar-refractivity contribution in [1.82, 2.24) is 4.31 Å². The lowest BCUT2D eigenvalue weighted by atomic mass is 10.2. The number of piperazine rings is 1. The molecule has 0 radical (unpaired) electrons. The molecule has 1 fully saturated rings. The number of quaternary nitrogens is 1. The number of rotatable bonds is 4. The molecule has 1 aromatic carbocycles. The number of thiophene rings is 1. The fourth-order valence-corrected chi connectivity index (χ4v) is 5.25. The first kappa shape index (κ1) is 15.6. The van der Waals surface area contributed by atoms with Gasteiger partial charge in [0.2, 0.25) is 0 Å². The molecule has 2 aromatic rings. The number of sulfonamides is 1. The highest BCUT2D eigenvalue weighted by Gasteiger charge is 2.31. The Labute approximate surface area is 133 Å². The van der Waals surface area contributed by atoms with E-state index < -0.39 is 10.0 Å². The zero-order valence-electron chi connectivity index (χ0n) is 12.0. The van der Waals surface area contributed by atoms with Crippen LogP contribution >= 0.6 is 11.3 Å². The summed E-state index contributed by atoms with van der Waals surface area (Å²) in [5, 5.41) is 1.77. The monoisotopic (exact) mass is 341 g/mol. The van der Waals surface area contributed by atoms with Gasteiger partial charge in [-0.05, 0) is 17.5 Å². The highest BCUT2D eigenvalue weighted by atomic mass is 32.2. The summed E-state index contributed by atoms with van der Waals surface area (Å²) in [6, 6.07) is 10.1. The summed E-state index contributed by atoms with van der Waals surface area (Å²) in [4.78, 5) is 1.21. The Morgan fingerprint density at radius 1 is 1.14 bits per heavy atom. The minimum absolute atomic E-state index is 0.191. The van der Waals surface area contributed by atoms with Crippen molar-refractivity contribution in [2.75, 3.05) is 26.2 Å². The first-order valence-corrected chi connectivity index (χ1v) is 9.50. The Kier molecular flexibility index (Phi) is 4.58. The minimum atomic E-state index is -3.36. The second kappa shape index (κ2) is 6.45. The molecule has 0 saturated carbocycles. The minimum Gasteiger partial charge on any atom is -0.329 e. The molecule has 3 rings (SSSR count). The first-order chi connectivity index (χ1) is 10.6. The van der Waals surface area contributed by atoms with Gasteiger partial charge in [0.15, 0.2) is 0 Å². The van der Waals surface area contributed by atoms with E-state index in [1.807, 2.05) is 6.07 Å². The normalized spacial score (nSPS) is 17.7. The summed E-state index contributed by atoms with van der Waals surface area (Å²) in [7, 11) is -3.36. The van der Waals surface area contributed by atoms with Crippen molar-refractivity contribution >= 4 is 21.4 Å². The molecule has 0 amide bonds. The van der Waals surface area contributed by atoms with Crippen molar-refractivity contribution in [1.29, 1.82) is 0 Å². The smallest absolute Gasteiger partial charge is 0.252 e. The molecule has 0 spiro atoms. The summed E-state index contributed by atoms with van der Waals surface area (Å²) >= 11 is 1.24. The van der Waals surface area contributed by atoms with E-state index >= 15 is 0 Å². The lowest BCUT2D eigenvalue weighted by molar-refractivity contribution is -0.917. The number of hydrogen-bond donors (Lipinski definition) is 1. The van der Waals surface area contributed by atoms with E-state index in [1.165, 1.54) is 26.6 Å². The third kappa shape index (κ3) is 3.22. The molecular weight excluding hydrogens is 323 g/mol. The lowest BCUT2D eigenvalue weighted by Crippen LogP contribution is -3.13. The highest BCUT2D eigenvalue weighted by molar-refractivity contribution is 7.91. The van der Waals surface area contributed by atoms with Gasteiger partial charge >= 0.3 is 0 Å². The fourth-order valence-electron chi connectivity index (χ4n) is 2.67. The molecule has 1 saturated heterocycles. The molecule has 7 heteroatoms. The van der Waals surface area contributed by atoms with Crippen LogP contribution in [0.1, 0.15) is 5.56 Å². The van der Waals surface area contributed by atoms with Crippen LogP contribution in [0.3, 0.4) is 0 Å². The standard InChI is InChI=1S/C15H17FN2O2S2/c16-14-5-2-1-4-13(14)12-17-7-9-18(10-8-17)22(19,20)15-6-3-11-21-15/h1-6,11H,7-10,12H2/p+1. The van der Waals surface area contributed by atoms with Crippen LogP contribution in [0, 0.1) is 5.82 Å². The number of hydrogen-bond acceptors (Lipinski definition) is 3. The largest absolute Gasteiger partial charge is 0.329 e. The van der Waals surface area contributed by atoms with E-state index in [4.69, 9.17) is 0 Å². The van der Waals surface area contributed by atoms with Crippen molar-refractivity contribution in [2.45, 2.75) is 10.8 Å². The Morgan fingerprint density at radius 3 is 2.50 bits per heavy atom. The van der Waals surface area contributed by atoms with Gasteiger partial charge in [-0.15, -0.1) is 11.3 Å². The van der Waals surface area contributed by atoms with Gasteiger partial charge in [0.25, 0.3) is 10.0 Å². The molecule has 22 heavy (non-hydrogen) atoms. The third-order valence-electron chi connectivity index (χ3n) is 3.92. The average molecular weight is 341 g/mol. The van der Waals surface area contributed by atoms with E-state index in [2.05, 4.69) is 0 Å². The van der Waals surface area contributed by atoms with Gasteiger partial charge in [-0.25, -0.2) is 12.8 Å². The maximum Gasteiger partial charge on any atom is 0.252 e. The van der Waals surface area contributed by atoms with Gasteiger partial charge in [-0.3, -0.25) is 0 Å². The van der Waals surface area contributed by atoms with Crippen LogP contribution in [0.2, 0.25) is 0 Å². The fraction of sp³-hybridized carbons (Fsp3) is 0.333. The Morgan fingerprint density at radius 2 is 1.86 bits per heavy atom. The Hall–Kier alpha value is -1.28. The molecule has 1 N–H and O–H groups in total. The van der Waals surface area contributed by atoms with Crippen LogP contribution < -0.4 is 4.90 Å². The topological polar surface area (TPSA) is 41.8 Å². The quantitative estimate of drug-likeness (QED) is 0.901. The van der Waals surface area contributed by atoms with Gasteiger partial charge in [0.1, 0.15) is 16.6 Å². The van der Waals surface area contributed by atoms with Crippen LogP contribution in [-0.2, 0) is 16.6 Å². The summed E-state index contributed by atoms with van der Waals surface area (Å²) in [6.45, 7) is 2.94. The van der Waals surface area contributed by atoms with E-state index in [-0.39, 0.29) is 5.82 Å². The van der Waals surface area contributed by atoms with Gasteiger partial charge in [0.05, 0.1) is 26.2 Å². The van der Waals surface area contributed by atoms with Gasteiger partial charge < -0.3 is 4.90 Å². The molecule has 0 unspecified atom stereocenters. The first-order valence-electron chi connectivity index (χ1n) is 7.18. The molecule has 0 aliphatic carbocycles. The van der Waals surface area contributed by atoms with Crippen molar-refractivity contribution in [3.8, 4) is 0 Å². The summed E-state index contributed by atoms with van der Waals surface area (Å²) in [5.41, 5.74) is 0.687. The molecule has 4 nitrogen and oxygen atoms in total. The zero-order chi connectivity index (χ0) is 15.6. The van der Waals surface area contributed by atoms with E-state index in [1.54, 1.807) is 29.6 Å². The molecule has 1 aliphatic heterocycles. The Bertz CT molecular complexity index is 724. The molecule has 118 valence electrons. The summed E-state index contributed by atoms with van der Waals surface area (Å²) in [6.07, 6.45) is 0. The molecule has 2 heterocycles. The molecular formula is C15H18FN2O2S2+. The van der Waals surface area contributed by atoms with Gasteiger partial charge in [0, 0.05) is 5.56 Å². The van der Waals surface area contributed by atoms with E-state index in [0.717, 1.165) is 0 Å². The number of benzene rings is 1. The van der Waals surface area contributed by atoms with Crippen LogP contribution in [-0.4, -0.2) is 38.9 Å². The van der Waals surface area contributed by atoms with Gasteiger partial charge in [-0.1, -0.05) is 24.3 Å². The van der Waals surface area contributed by atoms with E-state index in [9.17, 15) is 12.8 Å². The van der Waals surface area contributed by atoms with Crippen LogP contribution in [0.15, 0.2) is 46.0 Å². The van der Waals surface area contributed by atoms with Crippen molar-refractivity contribution in [2.24, 2.45) is 0 Å². The third-order valence-corrected chi connectivity index (χ3v) is 7.19. The van der Waals surface area contributed by atoms with Crippen molar-refractivity contribution in [3.63, 3.8) is 0 Å². The van der Waals surface area contributed by atoms with Crippen molar-refractivity contribution < 1.29 is 17.7 Å². The van der Waals surface area contributed by atoms with Gasteiger partial charge in [-0.2, -0.15) is 4.31 Å². The Balaban J connectivity index is 1.62. The van der Waals surface area contributed by atoms with Crippen molar-refractivity contribution in [3.05, 3.63) is 53.2 Å². The molecule has 0 bridgehead atoms. The second-order valence-electron chi connectivity index (χ2n) is 5.35. The highest BCUT2D eigenvalue weighted by Crippen LogP contribution is 2.20. The number of halogens is 1. The number of nitrogens with zero attached hydrogens (tertiary/aromatic N) is 1. The lowest BCUT2D eigenvalue weighted by Gasteiger charge is -2.31.